The maximum absolute atomic E-state index is 11.0. The molecule has 0 atom stereocenters. The summed E-state index contributed by atoms with van der Waals surface area (Å²) in [5.74, 6) is -0.989. The first-order chi connectivity index (χ1) is 7.06. The average molecular weight is 217 g/mol. The van der Waals surface area contributed by atoms with Crippen molar-refractivity contribution in [3.63, 3.8) is 0 Å². The Bertz CT molecular complexity index is 206. The molecule has 0 saturated carbocycles. The standard InChI is InChI=1S/C10H19NO4/c1-3-15-10(14)5-4-7-11(2)8-6-9(12)13/h3-8H2,1-2H3,(H,12,13). The van der Waals surface area contributed by atoms with Crippen molar-refractivity contribution >= 4 is 11.9 Å². The zero-order chi connectivity index (χ0) is 11.7. The number of hydrogen-bond acceptors (Lipinski definition) is 4. The second-order valence-electron chi connectivity index (χ2n) is 3.36. The molecule has 0 heterocycles. The van der Waals surface area contributed by atoms with Gasteiger partial charge in [-0.15, -0.1) is 0 Å². The molecule has 15 heavy (non-hydrogen) atoms. The summed E-state index contributed by atoms with van der Waals surface area (Å²) in [6, 6.07) is 0. The molecule has 0 amide bonds. The lowest BCUT2D eigenvalue weighted by Crippen LogP contribution is -2.23. The summed E-state index contributed by atoms with van der Waals surface area (Å²) in [5.41, 5.74) is 0. The van der Waals surface area contributed by atoms with Gasteiger partial charge in [-0.2, -0.15) is 0 Å². The van der Waals surface area contributed by atoms with Gasteiger partial charge in [-0.3, -0.25) is 9.59 Å². The van der Waals surface area contributed by atoms with Crippen LogP contribution in [0.25, 0.3) is 0 Å². The van der Waals surface area contributed by atoms with Gasteiger partial charge in [-0.25, -0.2) is 0 Å². The van der Waals surface area contributed by atoms with E-state index in [1.807, 2.05) is 11.9 Å². The average Bonchev–Trinajstić information content (AvgIpc) is 2.15. The van der Waals surface area contributed by atoms with Crippen molar-refractivity contribution in [3.05, 3.63) is 0 Å². The number of aliphatic carboxylic acids is 1. The zero-order valence-corrected chi connectivity index (χ0v) is 9.36. The molecule has 0 radical (unpaired) electrons. The number of nitrogens with zero attached hydrogens (tertiary/aromatic N) is 1. The van der Waals surface area contributed by atoms with E-state index < -0.39 is 5.97 Å². The molecule has 5 nitrogen and oxygen atoms in total. The van der Waals surface area contributed by atoms with E-state index in [0.29, 0.717) is 32.5 Å². The Morgan fingerprint density at radius 1 is 1.27 bits per heavy atom. The van der Waals surface area contributed by atoms with Crippen molar-refractivity contribution in [3.8, 4) is 0 Å². The molecule has 0 unspecified atom stereocenters. The first kappa shape index (κ1) is 13.9. The Morgan fingerprint density at radius 2 is 1.93 bits per heavy atom. The Balaban J connectivity index is 3.41. The first-order valence-electron chi connectivity index (χ1n) is 5.12. The van der Waals surface area contributed by atoms with Gasteiger partial charge in [0.1, 0.15) is 0 Å². The molecule has 0 aliphatic heterocycles. The van der Waals surface area contributed by atoms with Crippen molar-refractivity contribution in [2.75, 3.05) is 26.7 Å². The fourth-order valence-electron chi connectivity index (χ4n) is 1.12. The molecule has 0 aliphatic carbocycles. The second-order valence-corrected chi connectivity index (χ2v) is 3.36. The van der Waals surface area contributed by atoms with E-state index in [4.69, 9.17) is 9.84 Å². The van der Waals surface area contributed by atoms with Crippen LogP contribution in [0.3, 0.4) is 0 Å². The molecule has 0 rings (SSSR count). The van der Waals surface area contributed by atoms with Gasteiger partial charge in [0.15, 0.2) is 0 Å². The van der Waals surface area contributed by atoms with Crippen LogP contribution in [0.5, 0.6) is 0 Å². The number of esters is 1. The molecule has 5 heteroatoms. The fourth-order valence-corrected chi connectivity index (χ4v) is 1.12. The molecule has 1 N–H and O–H groups in total. The highest BCUT2D eigenvalue weighted by molar-refractivity contribution is 5.69. The zero-order valence-electron chi connectivity index (χ0n) is 9.36. The van der Waals surface area contributed by atoms with Gasteiger partial charge in [0.25, 0.3) is 0 Å². The summed E-state index contributed by atoms with van der Waals surface area (Å²) in [6.45, 7) is 3.41. The monoisotopic (exact) mass is 217 g/mol. The number of carbonyl (C=O) groups is 2. The van der Waals surface area contributed by atoms with Crippen LogP contribution < -0.4 is 0 Å². The molecule has 0 fully saturated rings. The van der Waals surface area contributed by atoms with Gasteiger partial charge >= 0.3 is 11.9 Å². The third-order valence-corrected chi connectivity index (χ3v) is 1.93. The highest BCUT2D eigenvalue weighted by Gasteiger charge is 2.05. The third kappa shape index (κ3) is 9.21. The van der Waals surface area contributed by atoms with Gasteiger partial charge in [-0.05, 0) is 26.9 Å². The topological polar surface area (TPSA) is 66.8 Å². The van der Waals surface area contributed by atoms with E-state index in [0.717, 1.165) is 0 Å². The van der Waals surface area contributed by atoms with Crippen LogP contribution in [0.4, 0.5) is 0 Å². The van der Waals surface area contributed by atoms with Crippen LogP contribution >= 0.6 is 0 Å². The molecule has 0 aromatic carbocycles. The highest BCUT2D eigenvalue weighted by Crippen LogP contribution is 1.96. The lowest BCUT2D eigenvalue weighted by Gasteiger charge is -2.14. The van der Waals surface area contributed by atoms with Gasteiger partial charge < -0.3 is 14.7 Å². The summed E-state index contributed by atoms with van der Waals surface area (Å²) >= 11 is 0. The van der Waals surface area contributed by atoms with Gasteiger partial charge in [-0.1, -0.05) is 0 Å². The number of carboxylic acid groups (broad SMARTS) is 1. The predicted molar refractivity (Wildman–Crippen MR) is 55.6 cm³/mol. The summed E-state index contributed by atoms with van der Waals surface area (Å²) in [6.07, 6.45) is 1.23. The Hall–Kier alpha value is -1.10. The third-order valence-electron chi connectivity index (χ3n) is 1.93. The van der Waals surface area contributed by atoms with E-state index in [1.165, 1.54) is 0 Å². The van der Waals surface area contributed by atoms with E-state index >= 15 is 0 Å². The number of hydrogen-bond donors (Lipinski definition) is 1. The molecule has 0 aromatic heterocycles. The molecule has 0 spiro atoms. The Morgan fingerprint density at radius 3 is 2.47 bits per heavy atom. The van der Waals surface area contributed by atoms with Crippen molar-refractivity contribution in [1.29, 1.82) is 0 Å². The van der Waals surface area contributed by atoms with Crippen LogP contribution in [0.1, 0.15) is 26.2 Å². The van der Waals surface area contributed by atoms with Crippen LogP contribution in [-0.2, 0) is 14.3 Å². The number of rotatable bonds is 8. The van der Waals surface area contributed by atoms with Crippen molar-refractivity contribution in [1.82, 2.24) is 4.90 Å². The minimum Gasteiger partial charge on any atom is -0.481 e. The van der Waals surface area contributed by atoms with E-state index in [-0.39, 0.29) is 12.4 Å². The van der Waals surface area contributed by atoms with Crippen LogP contribution in [0.2, 0.25) is 0 Å². The van der Waals surface area contributed by atoms with E-state index in [1.54, 1.807) is 6.92 Å². The SMILES string of the molecule is CCOC(=O)CCCN(C)CCC(=O)O. The van der Waals surface area contributed by atoms with Crippen molar-refractivity contribution in [2.45, 2.75) is 26.2 Å². The largest absolute Gasteiger partial charge is 0.481 e. The second kappa shape index (κ2) is 8.23. The van der Waals surface area contributed by atoms with E-state index in [9.17, 15) is 9.59 Å². The van der Waals surface area contributed by atoms with Crippen LogP contribution in [-0.4, -0.2) is 48.7 Å². The molecule has 0 bridgehead atoms. The lowest BCUT2D eigenvalue weighted by atomic mass is 10.3. The molecule has 0 saturated heterocycles. The quantitative estimate of drug-likeness (QED) is 0.607. The number of ether oxygens (including phenoxy) is 1. The number of carbonyl (C=O) groups excluding carboxylic acids is 1. The van der Waals surface area contributed by atoms with Crippen molar-refractivity contribution < 1.29 is 19.4 Å². The highest BCUT2D eigenvalue weighted by atomic mass is 16.5. The van der Waals surface area contributed by atoms with E-state index in [2.05, 4.69) is 0 Å². The Kier molecular flexibility index (Phi) is 7.62. The van der Waals surface area contributed by atoms with Gasteiger partial charge in [0, 0.05) is 13.0 Å². The fraction of sp³-hybridized carbons (Fsp3) is 0.800. The summed E-state index contributed by atoms with van der Waals surface area (Å²) < 4.78 is 4.77. The molecule has 88 valence electrons. The van der Waals surface area contributed by atoms with Crippen LogP contribution in [0.15, 0.2) is 0 Å². The van der Waals surface area contributed by atoms with Crippen LogP contribution in [0, 0.1) is 0 Å². The lowest BCUT2D eigenvalue weighted by molar-refractivity contribution is -0.143. The minimum atomic E-state index is -0.799. The maximum Gasteiger partial charge on any atom is 0.305 e. The molecule has 0 aliphatic rings. The van der Waals surface area contributed by atoms with Gasteiger partial charge in [0.05, 0.1) is 13.0 Å². The Labute approximate surface area is 90.0 Å². The molecular formula is C10H19NO4. The molecular weight excluding hydrogens is 198 g/mol. The predicted octanol–water partition coefficient (Wildman–Crippen LogP) is 0.736. The van der Waals surface area contributed by atoms with Crippen molar-refractivity contribution in [2.24, 2.45) is 0 Å². The normalized spacial score (nSPS) is 10.3. The van der Waals surface area contributed by atoms with Gasteiger partial charge in [0.2, 0.25) is 0 Å². The molecule has 0 aromatic rings. The minimum absolute atomic E-state index is 0.135. The summed E-state index contributed by atoms with van der Waals surface area (Å²) in [4.78, 5) is 23.1. The summed E-state index contributed by atoms with van der Waals surface area (Å²) in [7, 11) is 1.84. The summed E-state index contributed by atoms with van der Waals surface area (Å²) in [5, 5.41) is 8.45. The smallest absolute Gasteiger partial charge is 0.305 e. The maximum atomic E-state index is 11.0. The first-order valence-corrected chi connectivity index (χ1v) is 5.12. The number of carboxylic acids is 1.